The first-order chi connectivity index (χ1) is 7.42. The summed E-state index contributed by atoms with van der Waals surface area (Å²) in [5.74, 6) is 0. The molecule has 0 aliphatic heterocycles. The minimum Gasteiger partial charge on any atom is -0.321 e. The van der Waals surface area contributed by atoms with Crippen LogP contribution in [-0.4, -0.2) is 0 Å². The lowest BCUT2D eigenvalue weighted by Crippen LogP contribution is -2.33. The Morgan fingerprint density at radius 1 is 1.00 bits per heavy atom. The van der Waals surface area contributed by atoms with Gasteiger partial charge in [0.25, 0.3) is 0 Å². The average Bonchev–Trinajstić information content (AvgIpc) is 2.66. The fraction of sp³-hybridized carbons (Fsp3) is 0.333. The van der Waals surface area contributed by atoms with Crippen molar-refractivity contribution in [3.63, 3.8) is 0 Å². The summed E-state index contributed by atoms with van der Waals surface area (Å²) in [6.07, 6.45) is 0.986. The molecule has 0 unspecified atom stereocenters. The Balaban J connectivity index is 2.26. The van der Waals surface area contributed by atoms with E-state index in [4.69, 9.17) is 5.73 Å². The van der Waals surface area contributed by atoms with Gasteiger partial charge in [-0.15, -0.1) is 0 Å². The quantitative estimate of drug-likeness (QED) is 0.732. The van der Waals surface area contributed by atoms with E-state index in [-0.39, 0.29) is 0 Å². The summed E-state index contributed by atoms with van der Waals surface area (Å²) in [6.45, 7) is 0. The topological polar surface area (TPSA) is 26.0 Å². The lowest BCUT2D eigenvalue weighted by atomic mass is 9.88. The maximum Gasteiger partial charge on any atom is 0.416 e. The second kappa shape index (κ2) is 3.63. The summed E-state index contributed by atoms with van der Waals surface area (Å²) < 4.78 is 37.0. The third-order valence-corrected chi connectivity index (χ3v) is 2.92. The second-order valence-electron chi connectivity index (χ2n) is 4.11. The molecule has 1 nitrogen and oxygen atoms in total. The molecular weight excluding hydrogens is 215 g/mol. The van der Waals surface area contributed by atoms with E-state index in [0.717, 1.165) is 17.7 Å². The molecule has 0 fully saturated rings. The van der Waals surface area contributed by atoms with E-state index in [1.165, 1.54) is 12.1 Å². The molecule has 1 aliphatic rings. The van der Waals surface area contributed by atoms with E-state index < -0.39 is 17.3 Å². The van der Waals surface area contributed by atoms with Crippen molar-refractivity contribution in [1.82, 2.24) is 0 Å². The second-order valence-corrected chi connectivity index (χ2v) is 4.11. The number of nitrogens with two attached hydrogens (primary N) is 1. The van der Waals surface area contributed by atoms with Gasteiger partial charge in [-0.05, 0) is 30.5 Å². The van der Waals surface area contributed by atoms with E-state index in [9.17, 15) is 13.2 Å². The van der Waals surface area contributed by atoms with Crippen LogP contribution < -0.4 is 5.73 Å². The van der Waals surface area contributed by atoms with Crippen molar-refractivity contribution in [2.24, 2.45) is 5.73 Å². The molecule has 0 aromatic heterocycles. The largest absolute Gasteiger partial charge is 0.416 e. The van der Waals surface area contributed by atoms with Gasteiger partial charge in [-0.1, -0.05) is 24.3 Å². The van der Waals surface area contributed by atoms with Gasteiger partial charge in [0.2, 0.25) is 0 Å². The highest BCUT2D eigenvalue weighted by Crippen LogP contribution is 2.34. The molecule has 16 heavy (non-hydrogen) atoms. The fourth-order valence-electron chi connectivity index (χ4n) is 1.90. The molecule has 0 saturated carbocycles. The zero-order valence-electron chi connectivity index (χ0n) is 8.59. The van der Waals surface area contributed by atoms with Crippen molar-refractivity contribution < 1.29 is 13.2 Å². The van der Waals surface area contributed by atoms with Crippen LogP contribution in [0.5, 0.6) is 0 Å². The zero-order valence-corrected chi connectivity index (χ0v) is 8.59. The highest BCUT2D eigenvalue weighted by Gasteiger charge is 2.32. The van der Waals surface area contributed by atoms with Crippen molar-refractivity contribution in [3.8, 4) is 0 Å². The molecule has 2 N–H and O–H groups in total. The standard InChI is InChI=1S/C12H12F3N/c13-12(14,15)10-5-3-9(4-6-10)11(16)7-1-2-8-11/h1-6H,7-8,16H2. The first kappa shape index (κ1) is 11.2. The lowest BCUT2D eigenvalue weighted by Gasteiger charge is -2.24. The van der Waals surface area contributed by atoms with Crippen molar-refractivity contribution in [2.45, 2.75) is 24.6 Å². The zero-order chi connectivity index (χ0) is 11.8. The highest BCUT2D eigenvalue weighted by molar-refractivity contribution is 5.32. The molecule has 0 heterocycles. The van der Waals surface area contributed by atoms with Gasteiger partial charge in [0, 0.05) is 5.54 Å². The maximum atomic E-state index is 12.3. The Labute approximate surface area is 91.8 Å². The summed E-state index contributed by atoms with van der Waals surface area (Å²) in [6, 6.07) is 5.11. The SMILES string of the molecule is NC1(c2ccc(C(F)(F)F)cc2)CC=CC1. The van der Waals surface area contributed by atoms with Crippen LogP contribution in [0.3, 0.4) is 0 Å². The van der Waals surface area contributed by atoms with E-state index in [1.54, 1.807) is 0 Å². The van der Waals surface area contributed by atoms with Crippen LogP contribution in [0.1, 0.15) is 24.0 Å². The molecule has 1 aromatic rings. The van der Waals surface area contributed by atoms with Crippen LogP contribution in [0, 0.1) is 0 Å². The molecule has 0 saturated heterocycles. The van der Waals surface area contributed by atoms with Crippen molar-refractivity contribution >= 4 is 0 Å². The number of hydrogen-bond acceptors (Lipinski definition) is 1. The summed E-state index contributed by atoms with van der Waals surface area (Å²) in [5, 5.41) is 0. The summed E-state index contributed by atoms with van der Waals surface area (Å²) in [7, 11) is 0. The van der Waals surface area contributed by atoms with E-state index in [0.29, 0.717) is 12.8 Å². The first-order valence-electron chi connectivity index (χ1n) is 5.03. The Kier molecular flexibility index (Phi) is 2.54. The number of benzene rings is 1. The fourth-order valence-corrected chi connectivity index (χ4v) is 1.90. The van der Waals surface area contributed by atoms with Crippen LogP contribution in [0.15, 0.2) is 36.4 Å². The third kappa shape index (κ3) is 1.97. The van der Waals surface area contributed by atoms with Gasteiger partial charge in [-0.25, -0.2) is 0 Å². The van der Waals surface area contributed by atoms with Gasteiger partial charge in [-0.3, -0.25) is 0 Å². The molecule has 0 spiro atoms. The van der Waals surface area contributed by atoms with Gasteiger partial charge in [0.1, 0.15) is 0 Å². The van der Waals surface area contributed by atoms with Crippen molar-refractivity contribution in [1.29, 1.82) is 0 Å². The van der Waals surface area contributed by atoms with Gasteiger partial charge in [0.15, 0.2) is 0 Å². The molecule has 0 bridgehead atoms. The number of rotatable bonds is 1. The van der Waals surface area contributed by atoms with Crippen molar-refractivity contribution in [2.75, 3.05) is 0 Å². The molecule has 2 rings (SSSR count). The van der Waals surface area contributed by atoms with Crippen LogP contribution in [-0.2, 0) is 11.7 Å². The normalized spacial score (nSPS) is 19.0. The van der Waals surface area contributed by atoms with Crippen LogP contribution >= 0.6 is 0 Å². The molecule has 1 aliphatic carbocycles. The predicted molar refractivity (Wildman–Crippen MR) is 55.7 cm³/mol. The van der Waals surface area contributed by atoms with Crippen LogP contribution in [0.25, 0.3) is 0 Å². The van der Waals surface area contributed by atoms with E-state index >= 15 is 0 Å². The van der Waals surface area contributed by atoms with E-state index in [1.807, 2.05) is 12.2 Å². The molecule has 0 radical (unpaired) electrons. The monoisotopic (exact) mass is 227 g/mol. The van der Waals surface area contributed by atoms with Crippen molar-refractivity contribution in [3.05, 3.63) is 47.5 Å². The average molecular weight is 227 g/mol. The molecule has 0 atom stereocenters. The Bertz CT molecular complexity index is 395. The van der Waals surface area contributed by atoms with Gasteiger partial charge < -0.3 is 5.73 Å². The van der Waals surface area contributed by atoms with E-state index in [2.05, 4.69) is 0 Å². The summed E-state index contributed by atoms with van der Waals surface area (Å²) >= 11 is 0. The number of alkyl halides is 3. The van der Waals surface area contributed by atoms with Gasteiger partial charge in [0.05, 0.1) is 5.56 Å². The highest BCUT2D eigenvalue weighted by atomic mass is 19.4. The van der Waals surface area contributed by atoms with Crippen LogP contribution in [0.4, 0.5) is 13.2 Å². The number of halogens is 3. The molecule has 4 heteroatoms. The van der Waals surface area contributed by atoms with Gasteiger partial charge in [-0.2, -0.15) is 13.2 Å². The van der Waals surface area contributed by atoms with Gasteiger partial charge >= 0.3 is 6.18 Å². The first-order valence-corrected chi connectivity index (χ1v) is 5.03. The minimum atomic E-state index is -4.28. The Hall–Kier alpha value is -1.29. The maximum absolute atomic E-state index is 12.3. The smallest absolute Gasteiger partial charge is 0.321 e. The van der Waals surface area contributed by atoms with Crippen LogP contribution in [0.2, 0.25) is 0 Å². The third-order valence-electron chi connectivity index (χ3n) is 2.92. The number of hydrogen-bond donors (Lipinski definition) is 1. The lowest BCUT2D eigenvalue weighted by molar-refractivity contribution is -0.137. The minimum absolute atomic E-state index is 0.524. The molecule has 0 amide bonds. The summed E-state index contributed by atoms with van der Waals surface area (Å²) in [4.78, 5) is 0. The Morgan fingerprint density at radius 2 is 1.50 bits per heavy atom. The molecule has 86 valence electrons. The summed E-state index contributed by atoms with van der Waals surface area (Å²) in [5.41, 5.74) is 5.69. The molecule has 1 aromatic carbocycles. The Morgan fingerprint density at radius 3 is 1.94 bits per heavy atom. The predicted octanol–water partition coefficient (Wildman–Crippen LogP) is 3.21. The molecular formula is C12H12F3N.